The number of carbonyl (C=O) groups is 1. The van der Waals surface area contributed by atoms with Crippen LogP contribution >= 0.6 is 0 Å². The maximum atomic E-state index is 12.7. The molecule has 4 atom stereocenters. The molecule has 4 aliphatic carbocycles. The van der Waals surface area contributed by atoms with Crippen LogP contribution in [0.15, 0.2) is 4.52 Å². The van der Waals surface area contributed by atoms with Crippen LogP contribution in [0.5, 0.6) is 0 Å². The van der Waals surface area contributed by atoms with E-state index in [0.717, 1.165) is 30.6 Å². The van der Waals surface area contributed by atoms with Crippen molar-refractivity contribution in [1.29, 1.82) is 0 Å². The Bertz CT molecular complexity index is 590. The lowest BCUT2D eigenvalue weighted by Gasteiger charge is -2.27. The first kappa shape index (κ1) is 13.1. The Morgan fingerprint density at radius 2 is 1.95 bits per heavy atom. The van der Waals surface area contributed by atoms with Crippen LogP contribution in [0, 0.1) is 23.7 Å². The topological polar surface area (TPSA) is 68.0 Å². The highest BCUT2D eigenvalue weighted by molar-refractivity contribution is 5.80. The second-order valence-electron chi connectivity index (χ2n) is 7.84. The molecule has 4 saturated carbocycles. The van der Waals surface area contributed by atoms with Gasteiger partial charge in [-0.2, -0.15) is 4.98 Å². The Hall–Kier alpha value is -1.39. The summed E-state index contributed by atoms with van der Waals surface area (Å²) < 4.78 is 5.58. The fourth-order valence-electron chi connectivity index (χ4n) is 4.60. The summed E-state index contributed by atoms with van der Waals surface area (Å²) in [5, 5.41) is 7.35. The van der Waals surface area contributed by atoms with Gasteiger partial charge in [-0.25, -0.2) is 0 Å². The summed E-state index contributed by atoms with van der Waals surface area (Å²) >= 11 is 0. The van der Waals surface area contributed by atoms with Crippen molar-refractivity contribution in [3.63, 3.8) is 0 Å². The van der Waals surface area contributed by atoms with Crippen molar-refractivity contribution in [2.24, 2.45) is 23.7 Å². The predicted molar refractivity (Wildman–Crippen MR) is 79.1 cm³/mol. The molecule has 1 N–H and O–H groups in total. The lowest BCUT2D eigenvalue weighted by atomic mass is 9.78. The largest absolute Gasteiger partial charge is 0.356 e. The molecule has 4 aliphatic rings. The average Bonchev–Trinajstić information content (AvgIpc) is 3.43. The monoisotopic (exact) mass is 301 g/mol. The first-order valence-electron chi connectivity index (χ1n) is 8.91. The molecule has 4 fully saturated rings. The molecule has 1 heterocycles. The summed E-state index contributed by atoms with van der Waals surface area (Å²) in [6.07, 6.45) is 8.47. The van der Waals surface area contributed by atoms with Gasteiger partial charge in [0.15, 0.2) is 5.82 Å². The van der Waals surface area contributed by atoms with Crippen LogP contribution in [0.2, 0.25) is 0 Å². The van der Waals surface area contributed by atoms with Crippen LogP contribution in [-0.2, 0) is 4.79 Å². The number of nitrogens with one attached hydrogen (secondary N) is 1. The summed E-state index contributed by atoms with van der Waals surface area (Å²) in [5.41, 5.74) is 0. The van der Waals surface area contributed by atoms with Crippen molar-refractivity contribution in [2.45, 2.75) is 56.8 Å². The Morgan fingerprint density at radius 3 is 2.73 bits per heavy atom. The van der Waals surface area contributed by atoms with Gasteiger partial charge in [0.25, 0.3) is 0 Å². The summed E-state index contributed by atoms with van der Waals surface area (Å²) in [6.45, 7) is 0.858. The summed E-state index contributed by atoms with van der Waals surface area (Å²) in [4.78, 5) is 17.4. The van der Waals surface area contributed by atoms with E-state index in [4.69, 9.17) is 4.52 Å². The molecule has 0 radical (unpaired) electrons. The van der Waals surface area contributed by atoms with E-state index in [9.17, 15) is 4.79 Å². The van der Waals surface area contributed by atoms with Crippen LogP contribution < -0.4 is 5.32 Å². The zero-order chi connectivity index (χ0) is 14.7. The van der Waals surface area contributed by atoms with Gasteiger partial charge in [0, 0.05) is 12.5 Å². The standard InChI is InChI=1S/C17H23N3O2/c21-16(18-8-9-1-2-9)13-11-5-6-12(7-11)14(13)17-19-15(20-22-17)10-3-4-10/h9-14H,1-8H2,(H,18,21)/t11-,12+,13-,14-/m0/s1. The van der Waals surface area contributed by atoms with E-state index in [1.807, 2.05) is 0 Å². The number of rotatable bonds is 5. The van der Waals surface area contributed by atoms with Crippen molar-refractivity contribution >= 4 is 5.91 Å². The van der Waals surface area contributed by atoms with Crippen LogP contribution in [0.4, 0.5) is 0 Å². The molecule has 22 heavy (non-hydrogen) atoms. The average molecular weight is 301 g/mol. The van der Waals surface area contributed by atoms with Crippen LogP contribution in [-0.4, -0.2) is 22.6 Å². The lowest BCUT2D eigenvalue weighted by molar-refractivity contribution is -0.127. The Morgan fingerprint density at radius 1 is 1.14 bits per heavy atom. The second-order valence-corrected chi connectivity index (χ2v) is 7.84. The molecule has 118 valence electrons. The molecule has 1 aromatic rings. The molecule has 0 saturated heterocycles. The van der Waals surface area contributed by atoms with E-state index in [-0.39, 0.29) is 17.7 Å². The highest BCUT2D eigenvalue weighted by Crippen LogP contribution is 2.56. The van der Waals surface area contributed by atoms with Crippen molar-refractivity contribution in [1.82, 2.24) is 15.5 Å². The van der Waals surface area contributed by atoms with Crippen LogP contribution in [0.3, 0.4) is 0 Å². The van der Waals surface area contributed by atoms with Crippen molar-refractivity contribution in [3.8, 4) is 0 Å². The smallest absolute Gasteiger partial charge is 0.230 e. The van der Waals surface area contributed by atoms with E-state index in [1.54, 1.807) is 0 Å². The predicted octanol–water partition coefficient (Wildman–Crippen LogP) is 2.60. The molecule has 2 bridgehead atoms. The molecule has 5 heteroatoms. The molecule has 0 spiro atoms. The van der Waals surface area contributed by atoms with Gasteiger partial charge in [-0.3, -0.25) is 4.79 Å². The maximum Gasteiger partial charge on any atom is 0.230 e. The van der Waals surface area contributed by atoms with E-state index < -0.39 is 0 Å². The number of nitrogens with zero attached hydrogens (tertiary/aromatic N) is 2. The molecule has 0 unspecified atom stereocenters. The molecule has 0 aliphatic heterocycles. The molecule has 0 aromatic carbocycles. The fraction of sp³-hybridized carbons (Fsp3) is 0.824. The molecule has 1 amide bonds. The minimum absolute atomic E-state index is 0.0602. The fourth-order valence-corrected chi connectivity index (χ4v) is 4.60. The minimum atomic E-state index is 0.0602. The third kappa shape index (κ3) is 2.17. The van der Waals surface area contributed by atoms with Crippen LogP contribution in [0.25, 0.3) is 0 Å². The third-order valence-electron chi connectivity index (χ3n) is 6.17. The van der Waals surface area contributed by atoms with Gasteiger partial charge in [0.1, 0.15) is 0 Å². The zero-order valence-electron chi connectivity index (χ0n) is 12.8. The summed E-state index contributed by atoms with van der Waals surface area (Å²) in [6, 6.07) is 0. The summed E-state index contributed by atoms with van der Waals surface area (Å²) in [5.74, 6) is 4.39. The number of hydrogen-bond donors (Lipinski definition) is 1. The number of carbonyl (C=O) groups excluding carboxylic acids is 1. The van der Waals surface area contributed by atoms with E-state index in [1.165, 1.54) is 38.5 Å². The number of hydrogen-bond acceptors (Lipinski definition) is 4. The Labute approximate surface area is 130 Å². The van der Waals surface area contributed by atoms with E-state index in [0.29, 0.717) is 17.8 Å². The van der Waals surface area contributed by atoms with Gasteiger partial charge in [0.2, 0.25) is 11.8 Å². The van der Waals surface area contributed by atoms with E-state index in [2.05, 4.69) is 15.5 Å². The quantitative estimate of drug-likeness (QED) is 0.907. The van der Waals surface area contributed by atoms with Gasteiger partial charge in [0.05, 0.1) is 11.8 Å². The summed E-state index contributed by atoms with van der Waals surface area (Å²) in [7, 11) is 0. The molecular formula is C17H23N3O2. The highest BCUT2D eigenvalue weighted by atomic mass is 16.5. The van der Waals surface area contributed by atoms with Gasteiger partial charge in [-0.05, 0) is 62.7 Å². The third-order valence-corrected chi connectivity index (χ3v) is 6.17. The van der Waals surface area contributed by atoms with Crippen molar-refractivity contribution < 1.29 is 9.32 Å². The van der Waals surface area contributed by atoms with Gasteiger partial charge in [-0.1, -0.05) is 5.16 Å². The SMILES string of the molecule is O=C(NCC1CC1)[C@H]1[C@H]2CC[C@H](C2)[C@@H]1c1nc(C2CC2)no1. The zero-order valence-corrected chi connectivity index (χ0v) is 12.8. The van der Waals surface area contributed by atoms with Crippen molar-refractivity contribution in [3.05, 3.63) is 11.7 Å². The van der Waals surface area contributed by atoms with Gasteiger partial charge < -0.3 is 9.84 Å². The van der Waals surface area contributed by atoms with Crippen molar-refractivity contribution in [2.75, 3.05) is 6.54 Å². The maximum absolute atomic E-state index is 12.7. The Kier molecular flexibility index (Phi) is 2.86. The minimum Gasteiger partial charge on any atom is -0.356 e. The molecular weight excluding hydrogens is 278 g/mol. The number of amides is 1. The molecule has 5 rings (SSSR count). The van der Waals surface area contributed by atoms with Crippen LogP contribution in [0.1, 0.15) is 68.5 Å². The number of fused-ring (bicyclic) bond motifs is 2. The highest BCUT2D eigenvalue weighted by Gasteiger charge is 2.53. The first-order valence-corrected chi connectivity index (χ1v) is 8.91. The molecule has 5 nitrogen and oxygen atoms in total. The molecule has 1 aromatic heterocycles. The second kappa shape index (κ2) is 4.80. The normalized spacial score (nSPS) is 36.7. The lowest BCUT2D eigenvalue weighted by Crippen LogP contribution is -2.38. The first-order chi connectivity index (χ1) is 10.8. The van der Waals surface area contributed by atoms with E-state index >= 15 is 0 Å². The number of aromatic nitrogens is 2. The van der Waals surface area contributed by atoms with Gasteiger partial charge in [-0.15, -0.1) is 0 Å². The van der Waals surface area contributed by atoms with Gasteiger partial charge >= 0.3 is 0 Å². The Balaban J connectivity index is 1.36.